The SMILES string of the molecule is CC(C)(C)c1ccc(C2=NC3(CCCC3)N(C(=O)c3cccc(Cl)c3)C2=S)cc1. The molecule has 0 N–H and O–H groups in total. The van der Waals surface area contributed by atoms with E-state index < -0.39 is 5.66 Å². The van der Waals surface area contributed by atoms with Crippen LogP contribution in [0.25, 0.3) is 0 Å². The van der Waals surface area contributed by atoms with Gasteiger partial charge in [-0.2, -0.15) is 0 Å². The van der Waals surface area contributed by atoms with Crippen LogP contribution in [0, 0.1) is 0 Å². The molecule has 0 aromatic heterocycles. The predicted molar refractivity (Wildman–Crippen MR) is 123 cm³/mol. The first-order valence-electron chi connectivity index (χ1n) is 10.1. The highest BCUT2D eigenvalue weighted by atomic mass is 35.5. The summed E-state index contributed by atoms with van der Waals surface area (Å²) in [5.41, 5.74) is 3.04. The maximum atomic E-state index is 13.4. The molecule has 0 bridgehead atoms. The number of thiocarbonyl (C=S) groups is 1. The summed E-state index contributed by atoms with van der Waals surface area (Å²) in [4.78, 5) is 20.8. The molecule has 2 aromatic carbocycles. The lowest BCUT2D eigenvalue weighted by atomic mass is 9.86. The fourth-order valence-electron chi connectivity index (χ4n) is 4.23. The molecule has 5 heteroatoms. The first kappa shape index (κ1) is 20.2. The van der Waals surface area contributed by atoms with Crippen molar-refractivity contribution in [3.05, 3.63) is 70.2 Å². The van der Waals surface area contributed by atoms with Crippen molar-refractivity contribution in [1.82, 2.24) is 4.90 Å². The van der Waals surface area contributed by atoms with Crippen molar-refractivity contribution < 1.29 is 4.79 Å². The molecule has 0 radical (unpaired) electrons. The first-order valence-corrected chi connectivity index (χ1v) is 10.9. The van der Waals surface area contributed by atoms with E-state index in [4.69, 9.17) is 28.8 Å². The topological polar surface area (TPSA) is 32.7 Å². The highest BCUT2D eigenvalue weighted by Crippen LogP contribution is 2.42. The van der Waals surface area contributed by atoms with Crippen LogP contribution in [-0.2, 0) is 5.41 Å². The van der Waals surface area contributed by atoms with Crippen LogP contribution in [0.4, 0.5) is 0 Å². The lowest BCUT2D eigenvalue weighted by Crippen LogP contribution is -2.48. The second kappa shape index (κ2) is 7.33. The zero-order chi connectivity index (χ0) is 20.8. The molecule has 2 aromatic rings. The number of benzene rings is 2. The minimum atomic E-state index is -0.561. The molecule has 1 aliphatic carbocycles. The van der Waals surface area contributed by atoms with Gasteiger partial charge in [-0.25, -0.2) is 0 Å². The normalized spacial score (nSPS) is 18.4. The molecular formula is C24H25ClN2OS. The van der Waals surface area contributed by atoms with Crippen molar-refractivity contribution in [2.75, 3.05) is 0 Å². The molecule has 2 aliphatic rings. The largest absolute Gasteiger partial charge is 0.271 e. The van der Waals surface area contributed by atoms with Crippen molar-refractivity contribution in [2.24, 2.45) is 4.99 Å². The Balaban J connectivity index is 1.72. The molecule has 0 atom stereocenters. The van der Waals surface area contributed by atoms with Gasteiger partial charge in [-0.1, -0.05) is 74.9 Å². The van der Waals surface area contributed by atoms with E-state index in [0.717, 1.165) is 37.0 Å². The minimum absolute atomic E-state index is 0.0811. The summed E-state index contributed by atoms with van der Waals surface area (Å²) in [5.74, 6) is -0.121. The average molecular weight is 425 g/mol. The third kappa shape index (κ3) is 3.64. The van der Waals surface area contributed by atoms with Crippen molar-refractivity contribution in [2.45, 2.75) is 57.5 Å². The number of carbonyl (C=O) groups is 1. The van der Waals surface area contributed by atoms with Gasteiger partial charge in [0.25, 0.3) is 5.91 Å². The van der Waals surface area contributed by atoms with E-state index in [2.05, 4.69) is 45.0 Å². The molecule has 1 aliphatic heterocycles. The first-order chi connectivity index (χ1) is 13.7. The molecule has 0 unspecified atom stereocenters. The second-order valence-corrected chi connectivity index (χ2v) is 9.76. The molecule has 1 amide bonds. The highest BCUT2D eigenvalue weighted by Gasteiger charge is 2.50. The van der Waals surface area contributed by atoms with E-state index in [1.54, 1.807) is 29.2 Å². The van der Waals surface area contributed by atoms with E-state index in [1.165, 1.54) is 5.56 Å². The average Bonchev–Trinajstić information content (AvgIpc) is 3.25. The van der Waals surface area contributed by atoms with Gasteiger partial charge >= 0.3 is 0 Å². The molecule has 150 valence electrons. The van der Waals surface area contributed by atoms with Gasteiger partial charge < -0.3 is 0 Å². The monoisotopic (exact) mass is 424 g/mol. The van der Waals surface area contributed by atoms with Crippen LogP contribution in [0.1, 0.15) is 67.9 Å². The number of rotatable bonds is 2. The molecule has 29 heavy (non-hydrogen) atoms. The Morgan fingerprint density at radius 2 is 1.76 bits per heavy atom. The Hall–Kier alpha value is -2.04. The minimum Gasteiger partial charge on any atom is -0.271 e. The summed E-state index contributed by atoms with van der Waals surface area (Å²) < 4.78 is 0. The van der Waals surface area contributed by atoms with E-state index in [9.17, 15) is 4.79 Å². The number of hydrogen-bond donors (Lipinski definition) is 0. The van der Waals surface area contributed by atoms with Crippen molar-refractivity contribution >= 4 is 40.4 Å². The van der Waals surface area contributed by atoms with Crippen LogP contribution < -0.4 is 0 Å². The third-order valence-corrected chi connectivity index (χ3v) is 6.46. The van der Waals surface area contributed by atoms with E-state index in [1.807, 2.05) is 0 Å². The Labute approximate surface area is 182 Å². The highest BCUT2D eigenvalue weighted by molar-refractivity contribution is 7.82. The molecule has 0 saturated heterocycles. The van der Waals surface area contributed by atoms with Gasteiger partial charge in [0.1, 0.15) is 16.4 Å². The molecule has 1 spiro atoms. The fourth-order valence-corrected chi connectivity index (χ4v) is 4.83. The van der Waals surface area contributed by atoms with Crippen molar-refractivity contribution in [3.8, 4) is 0 Å². The standard InChI is InChI=1S/C24H25ClN2OS/c1-23(2,3)18-11-9-16(10-12-18)20-22(29)27(24(26-20)13-4-5-14-24)21(28)17-7-6-8-19(25)15-17/h6-12,15H,4-5,13-14H2,1-3H3. The Morgan fingerprint density at radius 1 is 1.10 bits per heavy atom. The van der Waals surface area contributed by atoms with E-state index >= 15 is 0 Å². The molecule has 1 fully saturated rings. The van der Waals surface area contributed by atoms with Gasteiger partial charge in [0.15, 0.2) is 0 Å². The molecule has 3 nitrogen and oxygen atoms in total. The summed E-state index contributed by atoms with van der Waals surface area (Å²) in [6.45, 7) is 6.58. The fraction of sp³-hybridized carbons (Fsp3) is 0.375. The maximum absolute atomic E-state index is 13.4. The third-order valence-electron chi connectivity index (χ3n) is 5.85. The Morgan fingerprint density at radius 3 is 2.34 bits per heavy atom. The van der Waals surface area contributed by atoms with Gasteiger partial charge in [-0.05, 0) is 54.9 Å². The van der Waals surface area contributed by atoms with Crippen molar-refractivity contribution in [1.29, 1.82) is 0 Å². The lowest BCUT2D eigenvalue weighted by Gasteiger charge is -2.32. The molecule has 4 rings (SSSR count). The van der Waals surface area contributed by atoms with Crippen LogP contribution >= 0.6 is 23.8 Å². The van der Waals surface area contributed by atoms with Crippen LogP contribution in [0.15, 0.2) is 53.5 Å². The number of nitrogens with zero attached hydrogens (tertiary/aromatic N) is 2. The predicted octanol–water partition coefficient (Wildman–Crippen LogP) is 6.18. The number of halogens is 1. The quantitative estimate of drug-likeness (QED) is 0.539. The van der Waals surface area contributed by atoms with E-state index in [-0.39, 0.29) is 11.3 Å². The number of amides is 1. The number of aliphatic imine (C=N–C) groups is 1. The summed E-state index contributed by atoms with van der Waals surface area (Å²) in [6, 6.07) is 15.4. The van der Waals surface area contributed by atoms with Gasteiger partial charge in [-0.15, -0.1) is 0 Å². The van der Waals surface area contributed by atoms with Gasteiger partial charge in [0, 0.05) is 16.1 Å². The van der Waals surface area contributed by atoms with E-state index in [0.29, 0.717) is 15.6 Å². The summed E-state index contributed by atoms with van der Waals surface area (Å²) in [7, 11) is 0. The second-order valence-electron chi connectivity index (χ2n) is 8.93. The molecule has 1 heterocycles. The number of hydrogen-bond acceptors (Lipinski definition) is 3. The van der Waals surface area contributed by atoms with Gasteiger partial charge in [-0.3, -0.25) is 14.7 Å². The smallest absolute Gasteiger partial charge is 0.261 e. The molecule has 1 saturated carbocycles. The van der Waals surface area contributed by atoms with Crippen molar-refractivity contribution in [3.63, 3.8) is 0 Å². The van der Waals surface area contributed by atoms with Crippen LogP contribution in [-0.4, -0.2) is 27.2 Å². The van der Waals surface area contributed by atoms with Crippen LogP contribution in [0.2, 0.25) is 5.02 Å². The Kier molecular flexibility index (Phi) is 5.12. The Bertz CT molecular complexity index is 998. The lowest BCUT2D eigenvalue weighted by molar-refractivity contribution is 0.0724. The summed E-state index contributed by atoms with van der Waals surface area (Å²) in [5, 5.41) is 0.542. The zero-order valence-corrected chi connectivity index (χ0v) is 18.6. The summed E-state index contributed by atoms with van der Waals surface area (Å²) >= 11 is 11.9. The van der Waals surface area contributed by atoms with Crippen LogP contribution in [0.5, 0.6) is 0 Å². The molecular weight excluding hydrogens is 400 g/mol. The maximum Gasteiger partial charge on any atom is 0.261 e. The zero-order valence-electron chi connectivity index (χ0n) is 17.0. The van der Waals surface area contributed by atoms with Gasteiger partial charge in [0.05, 0.1) is 0 Å². The van der Waals surface area contributed by atoms with Gasteiger partial charge in [0.2, 0.25) is 0 Å². The summed E-state index contributed by atoms with van der Waals surface area (Å²) in [6.07, 6.45) is 3.76. The number of carbonyl (C=O) groups excluding carboxylic acids is 1. The van der Waals surface area contributed by atoms with Crippen LogP contribution in [0.3, 0.4) is 0 Å².